The Labute approximate surface area is 236 Å². The van der Waals surface area contributed by atoms with Crippen molar-refractivity contribution < 1.29 is 14.0 Å². The third-order valence-electron chi connectivity index (χ3n) is 7.16. The van der Waals surface area contributed by atoms with Crippen LogP contribution in [0.5, 0.6) is 5.75 Å². The standard InChI is InChI=1S/C30H38N4O3SSi/c1-30(2,3)39(4,5)37-25(18-34-19-26(28(31)35)32-21-34)15-10-16-36-24-14-9-13-23(17-24)27-20-38-29(33-27)22-11-7-6-8-12-22/h6-9,11-14,17,19-21,25H,10,15-16,18H2,1-5H3,(H2,31,35)/t25-/m0/s1. The van der Waals surface area contributed by atoms with Crippen molar-refractivity contribution in [2.45, 2.75) is 64.4 Å². The van der Waals surface area contributed by atoms with E-state index in [1.807, 2.05) is 41.0 Å². The molecule has 7 nitrogen and oxygen atoms in total. The summed E-state index contributed by atoms with van der Waals surface area (Å²) in [5, 5.41) is 3.18. The number of aromatic nitrogens is 3. The van der Waals surface area contributed by atoms with Crippen molar-refractivity contribution in [3.8, 4) is 27.6 Å². The summed E-state index contributed by atoms with van der Waals surface area (Å²) in [5.41, 5.74) is 8.76. The summed E-state index contributed by atoms with van der Waals surface area (Å²) in [6, 6.07) is 18.3. The SMILES string of the molecule is CC(C)(C)[Si](C)(C)O[C@@H](CCCOc1cccc(-c2csc(-c3ccccc3)n2)c1)Cn1cnc(C(N)=O)c1. The van der Waals surface area contributed by atoms with E-state index in [2.05, 4.69) is 62.4 Å². The van der Waals surface area contributed by atoms with Crippen LogP contribution in [-0.2, 0) is 11.0 Å². The third-order valence-corrected chi connectivity index (χ3v) is 12.6. The highest BCUT2D eigenvalue weighted by molar-refractivity contribution is 7.13. The number of thiazole rings is 1. The van der Waals surface area contributed by atoms with Crippen molar-refractivity contribution in [3.63, 3.8) is 0 Å². The van der Waals surface area contributed by atoms with Gasteiger partial charge in [0.25, 0.3) is 5.91 Å². The summed E-state index contributed by atoms with van der Waals surface area (Å²) >= 11 is 1.64. The molecule has 2 heterocycles. The highest BCUT2D eigenvalue weighted by Gasteiger charge is 2.39. The Morgan fingerprint density at radius 1 is 1.10 bits per heavy atom. The van der Waals surface area contributed by atoms with E-state index in [1.54, 1.807) is 23.9 Å². The van der Waals surface area contributed by atoms with Gasteiger partial charge in [0.15, 0.2) is 8.32 Å². The number of nitrogens with two attached hydrogens (primary N) is 1. The lowest BCUT2D eigenvalue weighted by molar-refractivity contribution is 0.0995. The van der Waals surface area contributed by atoms with Crippen LogP contribution >= 0.6 is 11.3 Å². The van der Waals surface area contributed by atoms with Gasteiger partial charge in [0.1, 0.15) is 16.5 Å². The van der Waals surface area contributed by atoms with Gasteiger partial charge in [0, 0.05) is 29.2 Å². The van der Waals surface area contributed by atoms with Crippen LogP contribution in [0.1, 0.15) is 44.1 Å². The molecule has 2 aromatic carbocycles. The zero-order chi connectivity index (χ0) is 28.0. The largest absolute Gasteiger partial charge is 0.494 e. The Kier molecular flexibility index (Phi) is 9.04. The van der Waals surface area contributed by atoms with Crippen molar-refractivity contribution in [2.75, 3.05) is 6.61 Å². The number of carbonyl (C=O) groups is 1. The Morgan fingerprint density at radius 2 is 1.85 bits per heavy atom. The lowest BCUT2D eigenvalue weighted by Gasteiger charge is -2.39. The first kappa shape index (κ1) is 28.7. The molecule has 0 saturated heterocycles. The van der Waals surface area contributed by atoms with E-state index in [0.29, 0.717) is 13.2 Å². The number of rotatable bonds is 12. The molecule has 39 heavy (non-hydrogen) atoms. The first-order valence-corrected chi connectivity index (χ1v) is 17.0. The summed E-state index contributed by atoms with van der Waals surface area (Å²) < 4.78 is 14.8. The van der Waals surface area contributed by atoms with E-state index in [4.69, 9.17) is 19.9 Å². The predicted octanol–water partition coefficient (Wildman–Crippen LogP) is 7.02. The number of ether oxygens (including phenoxy) is 1. The number of hydrogen-bond acceptors (Lipinski definition) is 6. The molecule has 0 saturated carbocycles. The monoisotopic (exact) mass is 562 g/mol. The predicted molar refractivity (Wildman–Crippen MR) is 161 cm³/mol. The van der Waals surface area contributed by atoms with Crippen LogP contribution in [0.3, 0.4) is 0 Å². The topological polar surface area (TPSA) is 92.3 Å². The molecule has 0 unspecified atom stereocenters. The van der Waals surface area contributed by atoms with E-state index in [-0.39, 0.29) is 16.8 Å². The first-order chi connectivity index (χ1) is 18.5. The zero-order valence-electron chi connectivity index (χ0n) is 23.4. The Balaban J connectivity index is 1.37. The zero-order valence-corrected chi connectivity index (χ0v) is 25.2. The molecule has 0 bridgehead atoms. The molecule has 2 N–H and O–H groups in total. The van der Waals surface area contributed by atoms with Crippen molar-refractivity contribution in [3.05, 3.63) is 78.2 Å². The second kappa shape index (κ2) is 12.3. The van der Waals surface area contributed by atoms with Gasteiger partial charge in [-0.15, -0.1) is 11.3 Å². The van der Waals surface area contributed by atoms with Crippen molar-refractivity contribution >= 4 is 25.6 Å². The average molecular weight is 563 g/mol. The second-order valence-electron chi connectivity index (χ2n) is 11.2. The highest BCUT2D eigenvalue weighted by Crippen LogP contribution is 2.38. The molecule has 2 aromatic heterocycles. The molecular weight excluding hydrogens is 525 g/mol. The van der Waals surface area contributed by atoms with E-state index in [9.17, 15) is 4.79 Å². The van der Waals surface area contributed by atoms with Gasteiger partial charge < -0.3 is 19.5 Å². The Bertz CT molecular complexity index is 1380. The van der Waals surface area contributed by atoms with E-state index in [0.717, 1.165) is 40.4 Å². The minimum atomic E-state index is -2.00. The number of amides is 1. The van der Waals surface area contributed by atoms with Gasteiger partial charge in [-0.3, -0.25) is 4.79 Å². The molecule has 4 rings (SSSR count). The lowest BCUT2D eigenvalue weighted by atomic mass is 10.1. The Hall–Kier alpha value is -3.27. The molecule has 206 valence electrons. The summed E-state index contributed by atoms with van der Waals surface area (Å²) in [7, 11) is -2.00. The number of hydrogen-bond donors (Lipinski definition) is 1. The minimum Gasteiger partial charge on any atom is -0.494 e. The maximum atomic E-state index is 11.5. The van der Waals surface area contributed by atoms with Crippen LogP contribution in [0.2, 0.25) is 18.1 Å². The molecular formula is C30H38N4O3SSi. The molecule has 1 amide bonds. The van der Waals surface area contributed by atoms with Crippen molar-refractivity contribution in [1.82, 2.24) is 14.5 Å². The molecule has 1 atom stereocenters. The summed E-state index contributed by atoms with van der Waals surface area (Å²) in [4.78, 5) is 20.4. The number of nitrogens with zero attached hydrogens (tertiary/aromatic N) is 3. The van der Waals surface area contributed by atoms with Crippen LogP contribution in [0.25, 0.3) is 21.8 Å². The third kappa shape index (κ3) is 7.65. The van der Waals surface area contributed by atoms with Crippen LogP contribution in [-0.4, -0.2) is 41.5 Å². The van der Waals surface area contributed by atoms with Crippen molar-refractivity contribution in [1.29, 1.82) is 0 Å². The molecule has 0 radical (unpaired) electrons. The minimum absolute atomic E-state index is 0.0258. The van der Waals surface area contributed by atoms with Gasteiger partial charge in [-0.1, -0.05) is 63.2 Å². The molecule has 9 heteroatoms. The number of benzene rings is 2. The fraction of sp³-hybridized carbons (Fsp3) is 0.367. The van der Waals surface area contributed by atoms with E-state index < -0.39 is 14.2 Å². The number of carbonyl (C=O) groups excluding carboxylic acids is 1. The lowest BCUT2D eigenvalue weighted by Crippen LogP contribution is -2.45. The molecule has 0 spiro atoms. The van der Waals surface area contributed by atoms with Gasteiger partial charge in [0.05, 0.1) is 24.7 Å². The van der Waals surface area contributed by atoms with Crippen LogP contribution in [0.4, 0.5) is 0 Å². The average Bonchev–Trinajstić information content (AvgIpc) is 3.57. The maximum absolute atomic E-state index is 11.5. The Morgan fingerprint density at radius 3 is 2.54 bits per heavy atom. The number of imidazole rings is 1. The molecule has 4 aromatic rings. The molecule has 0 aliphatic heterocycles. The molecule has 0 aliphatic carbocycles. The highest BCUT2D eigenvalue weighted by atomic mass is 32.1. The number of primary amides is 1. The summed E-state index contributed by atoms with van der Waals surface area (Å²) in [6.45, 7) is 12.4. The van der Waals surface area contributed by atoms with Gasteiger partial charge in [-0.2, -0.15) is 0 Å². The van der Waals surface area contributed by atoms with E-state index >= 15 is 0 Å². The quantitative estimate of drug-likeness (QED) is 0.148. The normalized spacial score (nSPS) is 12.8. The van der Waals surface area contributed by atoms with Crippen LogP contribution in [0.15, 0.2) is 72.5 Å². The van der Waals surface area contributed by atoms with Gasteiger partial charge in [-0.25, -0.2) is 9.97 Å². The maximum Gasteiger partial charge on any atom is 0.268 e. The van der Waals surface area contributed by atoms with Gasteiger partial charge in [0.2, 0.25) is 0 Å². The van der Waals surface area contributed by atoms with Gasteiger partial charge >= 0.3 is 0 Å². The fourth-order valence-corrected chi connectivity index (χ4v) is 6.18. The smallest absolute Gasteiger partial charge is 0.268 e. The van der Waals surface area contributed by atoms with E-state index in [1.165, 1.54) is 0 Å². The van der Waals surface area contributed by atoms with Crippen molar-refractivity contribution in [2.24, 2.45) is 5.73 Å². The second-order valence-corrected chi connectivity index (χ2v) is 16.9. The molecule has 0 aliphatic rings. The molecule has 0 fully saturated rings. The van der Waals surface area contributed by atoms with Gasteiger partial charge in [-0.05, 0) is 43.1 Å². The fourth-order valence-electron chi connectivity index (χ4n) is 3.97. The van der Waals surface area contributed by atoms with Crippen LogP contribution < -0.4 is 10.5 Å². The first-order valence-electron chi connectivity index (χ1n) is 13.3. The summed E-state index contributed by atoms with van der Waals surface area (Å²) in [5.74, 6) is 0.296. The van der Waals surface area contributed by atoms with Crippen LogP contribution in [0, 0.1) is 0 Å². The summed E-state index contributed by atoms with van der Waals surface area (Å²) in [6.07, 6.45) is 4.96.